The zero-order valence-corrected chi connectivity index (χ0v) is 10.7. The van der Waals surface area contributed by atoms with Crippen LogP contribution < -0.4 is 4.90 Å². The van der Waals surface area contributed by atoms with Gasteiger partial charge < -0.3 is 9.64 Å². The van der Waals surface area contributed by atoms with Gasteiger partial charge in [-0.1, -0.05) is 24.3 Å². The second-order valence-electron chi connectivity index (χ2n) is 5.37. The summed E-state index contributed by atoms with van der Waals surface area (Å²) in [6.45, 7) is 1.79. The van der Waals surface area contributed by atoms with E-state index < -0.39 is 0 Å². The third-order valence-corrected chi connectivity index (χ3v) is 4.12. The minimum Gasteiger partial charge on any atom is -0.373 e. The van der Waals surface area contributed by atoms with Crippen LogP contribution in [0.25, 0.3) is 0 Å². The van der Waals surface area contributed by atoms with Crippen molar-refractivity contribution in [2.75, 3.05) is 18.1 Å². The number of hydrogen-bond acceptors (Lipinski definition) is 3. The van der Waals surface area contributed by atoms with Gasteiger partial charge in [-0.05, 0) is 23.8 Å². The number of ether oxygens (including phenoxy) is 1. The highest BCUT2D eigenvalue weighted by atomic mass is 16.5. The first-order chi connectivity index (χ1) is 9.36. The minimum absolute atomic E-state index is 0.00583. The van der Waals surface area contributed by atoms with Gasteiger partial charge in [0.15, 0.2) is 0 Å². The van der Waals surface area contributed by atoms with Crippen LogP contribution in [0.2, 0.25) is 0 Å². The molecule has 2 aliphatic heterocycles. The smallest absolute Gasteiger partial charge is 0.136 e. The van der Waals surface area contributed by atoms with Gasteiger partial charge in [0.1, 0.15) is 5.82 Å². The lowest BCUT2D eigenvalue weighted by Crippen LogP contribution is -2.55. The summed E-state index contributed by atoms with van der Waals surface area (Å²) in [6.07, 6.45) is 4.00. The summed E-state index contributed by atoms with van der Waals surface area (Å²) in [5.41, 5.74) is 2.49. The molecule has 0 N–H and O–H groups in total. The topological polar surface area (TPSA) is 25.4 Å². The summed E-state index contributed by atoms with van der Waals surface area (Å²) < 4.78 is 5.90. The molecule has 1 saturated heterocycles. The maximum Gasteiger partial charge on any atom is 0.136 e. The maximum absolute atomic E-state index is 5.90. The maximum atomic E-state index is 5.90. The summed E-state index contributed by atoms with van der Waals surface area (Å²) >= 11 is 0. The highest BCUT2D eigenvalue weighted by molar-refractivity contribution is 5.65. The molecule has 2 aliphatic rings. The molecule has 96 valence electrons. The Morgan fingerprint density at radius 1 is 1.11 bits per heavy atom. The number of aromatic nitrogens is 1. The van der Waals surface area contributed by atoms with Crippen LogP contribution in [0, 0.1) is 0 Å². The van der Waals surface area contributed by atoms with Crippen molar-refractivity contribution in [3.63, 3.8) is 0 Å². The standard InChI is InChI=1S/C16H16N2O/c1-2-6-14(7-3-1)18-12-16(8-10-19-16)11-13-5-4-9-17-15(13)18/h1-7,9H,8,10-12H2. The molecule has 1 unspecified atom stereocenters. The van der Waals surface area contributed by atoms with Gasteiger partial charge in [0.2, 0.25) is 0 Å². The fourth-order valence-electron chi connectivity index (χ4n) is 3.05. The fourth-order valence-corrected chi connectivity index (χ4v) is 3.05. The van der Waals surface area contributed by atoms with Crippen LogP contribution >= 0.6 is 0 Å². The molecule has 1 spiro atoms. The van der Waals surface area contributed by atoms with Crippen LogP contribution in [0.15, 0.2) is 48.7 Å². The molecule has 4 rings (SSSR count). The lowest BCUT2D eigenvalue weighted by atomic mass is 9.84. The van der Waals surface area contributed by atoms with Gasteiger partial charge in [0.25, 0.3) is 0 Å². The number of benzene rings is 1. The Morgan fingerprint density at radius 3 is 2.68 bits per heavy atom. The molecule has 1 fully saturated rings. The minimum atomic E-state index is 0.00583. The number of hydrogen-bond donors (Lipinski definition) is 0. The number of nitrogens with zero attached hydrogens (tertiary/aromatic N) is 2. The van der Waals surface area contributed by atoms with E-state index in [-0.39, 0.29) is 5.60 Å². The third kappa shape index (κ3) is 1.73. The van der Waals surface area contributed by atoms with Crippen molar-refractivity contribution in [2.45, 2.75) is 18.4 Å². The quantitative estimate of drug-likeness (QED) is 0.780. The summed E-state index contributed by atoms with van der Waals surface area (Å²) in [5.74, 6) is 1.08. The van der Waals surface area contributed by atoms with Crippen molar-refractivity contribution in [1.29, 1.82) is 0 Å². The van der Waals surface area contributed by atoms with E-state index in [1.165, 1.54) is 11.3 Å². The Labute approximate surface area is 112 Å². The average molecular weight is 252 g/mol. The normalized spacial score (nSPS) is 24.9. The molecule has 1 aromatic carbocycles. The Morgan fingerprint density at radius 2 is 1.95 bits per heavy atom. The van der Waals surface area contributed by atoms with Crippen molar-refractivity contribution < 1.29 is 4.74 Å². The molecule has 0 saturated carbocycles. The molecule has 2 aromatic rings. The predicted molar refractivity (Wildman–Crippen MR) is 74.7 cm³/mol. The first-order valence-corrected chi connectivity index (χ1v) is 6.77. The number of pyridine rings is 1. The summed E-state index contributed by atoms with van der Waals surface area (Å²) in [7, 11) is 0. The summed E-state index contributed by atoms with van der Waals surface area (Å²) in [4.78, 5) is 6.86. The molecular weight excluding hydrogens is 236 g/mol. The number of anilines is 2. The van der Waals surface area contributed by atoms with Crippen LogP contribution in [0.4, 0.5) is 11.5 Å². The lowest BCUT2D eigenvalue weighted by Gasteiger charge is -2.49. The third-order valence-electron chi connectivity index (χ3n) is 4.12. The van der Waals surface area contributed by atoms with E-state index in [1.54, 1.807) is 0 Å². The van der Waals surface area contributed by atoms with Gasteiger partial charge in [-0.15, -0.1) is 0 Å². The average Bonchev–Trinajstić information content (AvgIpc) is 2.45. The lowest BCUT2D eigenvalue weighted by molar-refractivity contribution is -0.140. The van der Waals surface area contributed by atoms with Crippen LogP contribution in [0.5, 0.6) is 0 Å². The van der Waals surface area contributed by atoms with Crippen molar-refractivity contribution >= 4 is 11.5 Å². The van der Waals surface area contributed by atoms with E-state index in [0.29, 0.717) is 0 Å². The molecule has 0 amide bonds. The Kier molecular flexibility index (Phi) is 2.35. The van der Waals surface area contributed by atoms with Gasteiger partial charge in [0.05, 0.1) is 18.8 Å². The van der Waals surface area contributed by atoms with Crippen LogP contribution in [0.3, 0.4) is 0 Å². The number of para-hydroxylation sites is 1. The molecule has 3 nitrogen and oxygen atoms in total. The van der Waals surface area contributed by atoms with Crippen LogP contribution in [-0.4, -0.2) is 23.7 Å². The predicted octanol–water partition coefficient (Wildman–Crippen LogP) is 2.93. The Hall–Kier alpha value is -1.87. The van der Waals surface area contributed by atoms with Crippen molar-refractivity contribution in [3.05, 3.63) is 54.2 Å². The van der Waals surface area contributed by atoms with E-state index in [1.807, 2.05) is 18.3 Å². The van der Waals surface area contributed by atoms with Gasteiger partial charge in [-0.2, -0.15) is 0 Å². The number of rotatable bonds is 1. The molecule has 1 atom stereocenters. The second-order valence-corrected chi connectivity index (χ2v) is 5.37. The monoisotopic (exact) mass is 252 g/mol. The summed E-state index contributed by atoms with van der Waals surface area (Å²) in [5, 5.41) is 0. The van der Waals surface area contributed by atoms with Crippen molar-refractivity contribution in [1.82, 2.24) is 4.98 Å². The molecule has 3 heteroatoms. The molecule has 19 heavy (non-hydrogen) atoms. The van der Waals surface area contributed by atoms with Gasteiger partial charge in [-0.3, -0.25) is 0 Å². The Bertz CT molecular complexity index is 593. The number of fused-ring (bicyclic) bond motifs is 1. The first-order valence-electron chi connectivity index (χ1n) is 6.77. The zero-order valence-electron chi connectivity index (χ0n) is 10.7. The largest absolute Gasteiger partial charge is 0.373 e. The SMILES string of the molecule is c1ccc(N2CC3(CCO3)Cc3cccnc32)cc1. The summed E-state index contributed by atoms with van der Waals surface area (Å²) in [6, 6.07) is 14.6. The van der Waals surface area contributed by atoms with E-state index in [4.69, 9.17) is 4.74 Å². The molecule has 3 heterocycles. The van der Waals surface area contributed by atoms with Gasteiger partial charge >= 0.3 is 0 Å². The van der Waals surface area contributed by atoms with E-state index >= 15 is 0 Å². The van der Waals surface area contributed by atoms with Crippen LogP contribution in [-0.2, 0) is 11.2 Å². The highest BCUT2D eigenvalue weighted by Gasteiger charge is 2.44. The molecule has 0 radical (unpaired) electrons. The highest BCUT2D eigenvalue weighted by Crippen LogP contribution is 2.41. The zero-order chi connectivity index (χ0) is 12.7. The fraction of sp³-hybridized carbons (Fsp3) is 0.312. The molecular formula is C16H16N2O. The molecule has 1 aromatic heterocycles. The van der Waals surface area contributed by atoms with E-state index in [2.05, 4.69) is 40.2 Å². The Balaban J connectivity index is 1.81. The first kappa shape index (κ1) is 11.0. The van der Waals surface area contributed by atoms with Gasteiger partial charge in [-0.25, -0.2) is 4.98 Å². The van der Waals surface area contributed by atoms with Crippen molar-refractivity contribution in [3.8, 4) is 0 Å². The molecule has 0 bridgehead atoms. The van der Waals surface area contributed by atoms with E-state index in [0.717, 1.165) is 31.8 Å². The van der Waals surface area contributed by atoms with Crippen molar-refractivity contribution in [2.24, 2.45) is 0 Å². The second kappa shape index (κ2) is 4.07. The van der Waals surface area contributed by atoms with Gasteiger partial charge in [0, 0.05) is 24.7 Å². The van der Waals surface area contributed by atoms with E-state index in [9.17, 15) is 0 Å². The molecule has 0 aliphatic carbocycles. The van der Waals surface area contributed by atoms with Crippen LogP contribution in [0.1, 0.15) is 12.0 Å².